The SMILES string of the molecule is CC1(N(COCC[Si](C)(C)C)S(=O)(=O)c2ccc3cn[nH]c3c2)CC1. The lowest BCUT2D eigenvalue weighted by Gasteiger charge is -2.28. The van der Waals surface area contributed by atoms with Crippen molar-refractivity contribution in [1.82, 2.24) is 14.5 Å². The molecule has 3 rings (SSSR count). The Hall–Kier alpha value is -1.22. The third kappa shape index (κ3) is 4.13. The van der Waals surface area contributed by atoms with Crippen molar-refractivity contribution >= 4 is 29.0 Å². The van der Waals surface area contributed by atoms with E-state index in [4.69, 9.17) is 4.74 Å². The van der Waals surface area contributed by atoms with Crippen LogP contribution in [0, 0.1) is 0 Å². The molecule has 0 unspecified atom stereocenters. The summed E-state index contributed by atoms with van der Waals surface area (Å²) in [5.74, 6) is 0. The number of ether oxygens (including phenoxy) is 1. The first-order valence-corrected chi connectivity index (χ1v) is 13.8. The van der Waals surface area contributed by atoms with Crippen LogP contribution in [0.3, 0.4) is 0 Å². The van der Waals surface area contributed by atoms with Crippen LogP contribution in [-0.2, 0) is 14.8 Å². The van der Waals surface area contributed by atoms with Gasteiger partial charge in [-0.15, -0.1) is 0 Å². The van der Waals surface area contributed by atoms with Gasteiger partial charge in [0.05, 0.1) is 16.6 Å². The Morgan fingerprint density at radius 3 is 2.68 bits per heavy atom. The Morgan fingerprint density at radius 2 is 2.04 bits per heavy atom. The average molecular weight is 382 g/mol. The van der Waals surface area contributed by atoms with Crippen molar-refractivity contribution in [3.8, 4) is 0 Å². The quantitative estimate of drug-likeness (QED) is 0.432. The van der Waals surface area contributed by atoms with Gasteiger partial charge in [-0.1, -0.05) is 19.6 Å². The molecule has 138 valence electrons. The molecular weight excluding hydrogens is 354 g/mol. The van der Waals surface area contributed by atoms with Gasteiger partial charge in [0, 0.05) is 25.6 Å². The largest absolute Gasteiger partial charge is 0.365 e. The van der Waals surface area contributed by atoms with Gasteiger partial charge >= 0.3 is 0 Å². The first-order valence-electron chi connectivity index (χ1n) is 8.66. The Bertz CT molecular complexity index is 853. The van der Waals surface area contributed by atoms with Crippen molar-refractivity contribution in [2.24, 2.45) is 0 Å². The normalized spacial score (nSPS) is 17.3. The Kier molecular flexibility index (Phi) is 4.82. The predicted molar refractivity (Wildman–Crippen MR) is 102 cm³/mol. The van der Waals surface area contributed by atoms with Gasteiger partial charge in [-0.05, 0) is 44.0 Å². The fourth-order valence-corrected chi connectivity index (χ4v) is 5.17. The van der Waals surface area contributed by atoms with Gasteiger partial charge in [-0.3, -0.25) is 5.10 Å². The number of H-pyrrole nitrogens is 1. The first-order chi connectivity index (χ1) is 11.6. The highest BCUT2D eigenvalue weighted by Crippen LogP contribution is 2.44. The summed E-state index contributed by atoms with van der Waals surface area (Å²) >= 11 is 0. The number of hydrogen-bond donors (Lipinski definition) is 1. The van der Waals surface area contributed by atoms with Gasteiger partial charge in [0.25, 0.3) is 0 Å². The summed E-state index contributed by atoms with van der Waals surface area (Å²) in [6.07, 6.45) is 3.43. The van der Waals surface area contributed by atoms with Crippen molar-refractivity contribution in [3.63, 3.8) is 0 Å². The molecule has 1 fully saturated rings. The number of aromatic amines is 1. The fourth-order valence-electron chi connectivity index (χ4n) is 2.68. The molecule has 1 N–H and O–H groups in total. The number of nitrogens with zero attached hydrogens (tertiary/aromatic N) is 2. The lowest BCUT2D eigenvalue weighted by Crippen LogP contribution is -2.42. The first kappa shape index (κ1) is 18.6. The van der Waals surface area contributed by atoms with Crippen molar-refractivity contribution in [3.05, 3.63) is 24.4 Å². The van der Waals surface area contributed by atoms with Crippen LogP contribution in [0.2, 0.25) is 25.7 Å². The highest BCUT2D eigenvalue weighted by atomic mass is 32.2. The molecule has 0 saturated heterocycles. The highest BCUT2D eigenvalue weighted by Gasteiger charge is 2.49. The minimum atomic E-state index is -3.61. The molecule has 0 atom stereocenters. The van der Waals surface area contributed by atoms with E-state index in [0.29, 0.717) is 6.61 Å². The van der Waals surface area contributed by atoms with E-state index in [1.54, 1.807) is 24.4 Å². The van der Waals surface area contributed by atoms with Crippen molar-refractivity contribution in [1.29, 1.82) is 0 Å². The zero-order valence-corrected chi connectivity index (χ0v) is 17.2. The van der Waals surface area contributed by atoms with E-state index in [0.717, 1.165) is 29.8 Å². The summed E-state index contributed by atoms with van der Waals surface area (Å²) in [6, 6.07) is 6.11. The number of benzene rings is 1. The maximum absolute atomic E-state index is 13.2. The fraction of sp³-hybridized carbons (Fsp3) is 0.588. The number of aromatic nitrogens is 2. The van der Waals surface area contributed by atoms with Gasteiger partial charge in [-0.25, -0.2) is 8.42 Å². The predicted octanol–water partition coefficient (Wildman–Crippen LogP) is 3.42. The molecule has 25 heavy (non-hydrogen) atoms. The lowest BCUT2D eigenvalue weighted by atomic mass is 10.3. The average Bonchev–Trinajstić information content (AvgIpc) is 3.08. The van der Waals surface area contributed by atoms with Gasteiger partial charge < -0.3 is 4.74 Å². The van der Waals surface area contributed by atoms with Crippen LogP contribution in [0.1, 0.15) is 19.8 Å². The molecule has 0 spiro atoms. The molecule has 6 nitrogen and oxygen atoms in total. The minimum absolute atomic E-state index is 0.115. The minimum Gasteiger partial charge on any atom is -0.365 e. The molecule has 1 aromatic heterocycles. The molecule has 0 aliphatic heterocycles. The van der Waals surface area contributed by atoms with Crippen LogP contribution in [0.4, 0.5) is 0 Å². The zero-order chi connectivity index (χ0) is 18.3. The molecule has 1 aliphatic rings. The van der Waals surface area contributed by atoms with E-state index >= 15 is 0 Å². The van der Waals surface area contributed by atoms with Gasteiger partial charge in [0.15, 0.2) is 0 Å². The second kappa shape index (κ2) is 6.50. The molecule has 1 aromatic carbocycles. The summed E-state index contributed by atoms with van der Waals surface area (Å²) in [7, 11) is -4.81. The summed E-state index contributed by atoms with van der Waals surface area (Å²) in [5.41, 5.74) is 0.391. The van der Waals surface area contributed by atoms with Gasteiger partial charge in [-0.2, -0.15) is 9.40 Å². The summed E-state index contributed by atoms with van der Waals surface area (Å²) < 4.78 is 33.7. The Morgan fingerprint density at radius 1 is 1.32 bits per heavy atom. The summed E-state index contributed by atoms with van der Waals surface area (Å²) in [6.45, 7) is 9.56. The van der Waals surface area contributed by atoms with E-state index in [9.17, 15) is 8.42 Å². The van der Waals surface area contributed by atoms with Crippen LogP contribution in [-0.4, -0.2) is 49.9 Å². The van der Waals surface area contributed by atoms with E-state index in [2.05, 4.69) is 29.8 Å². The number of hydrogen-bond acceptors (Lipinski definition) is 4. The molecular formula is C17H27N3O3SSi. The van der Waals surface area contributed by atoms with E-state index < -0.39 is 18.1 Å². The molecule has 0 amide bonds. The maximum atomic E-state index is 13.2. The molecule has 0 radical (unpaired) electrons. The monoisotopic (exact) mass is 381 g/mol. The maximum Gasteiger partial charge on any atom is 0.245 e. The second-order valence-corrected chi connectivity index (χ2v) is 15.8. The Labute approximate surface area is 150 Å². The molecule has 1 heterocycles. The number of fused-ring (bicyclic) bond motifs is 1. The van der Waals surface area contributed by atoms with Crippen LogP contribution in [0.25, 0.3) is 10.9 Å². The van der Waals surface area contributed by atoms with E-state index in [1.165, 1.54) is 4.31 Å². The molecule has 8 heteroatoms. The van der Waals surface area contributed by atoms with Crippen LogP contribution in [0.15, 0.2) is 29.3 Å². The third-order valence-corrected chi connectivity index (χ3v) is 8.46. The highest BCUT2D eigenvalue weighted by molar-refractivity contribution is 7.89. The van der Waals surface area contributed by atoms with Crippen LogP contribution in [0.5, 0.6) is 0 Å². The number of nitrogens with one attached hydrogen (secondary N) is 1. The molecule has 1 saturated carbocycles. The molecule has 2 aromatic rings. The zero-order valence-electron chi connectivity index (χ0n) is 15.4. The Balaban J connectivity index is 1.79. The summed E-state index contributed by atoms with van der Waals surface area (Å²) in [5, 5.41) is 7.69. The van der Waals surface area contributed by atoms with Crippen LogP contribution >= 0.6 is 0 Å². The lowest BCUT2D eigenvalue weighted by molar-refractivity contribution is 0.0591. The van der Waals surface area contributed by atoms with E-state index in [1.807, 2.05) is 6.92 Å². The van der Waals surface area contributed by atoms with Crippen molar-refractivity contribution in [2.45, 2.75) is 55.9 Å². The number of rotatable bonds is 8. The van der Waals surface area contributed by atoms with Crippen molar-refractivity contribution in [2.75, 3.05) is 13.3 Å². The van der Waals surface area contributed by atoms with Crippen molar-refractivity contribution < 1.29 is 13.2 Å². The van der Waals surface area contributed by atoms with Gasteiger partial charge in [0.1, 0.15) is 6.73 Å². The standard InChI is InChI=1S/C17H27N3O3SSi/c1-17(7-8-17)20(13-23-9-10-25(2,3)4)24(21,22)15-6-5-14-12-18-19-16(14)11-15/h5-6,11-12H,7-10,13H2,1-4H3,(H,18,19). The topological polar surface area (TPSA) is 75.3 Å². The van der Waals surface area contributed by atoms with E-state index in [-0.39, 0.29) is 17.2 Å². The number of sulfonamides is 1. The summed E-state index contributed by atoms with van der Waals surface area (Å²) in [4.78, 5) is 0.283. The van der Waals surface area contributed by atoms with Crippen LogP contribution < -0.4 is 0 Å². The smallest absolute Gasteiger partial charge is 0.245 e. The third-order valence-electron chi connectivity index (χ3n) is 4.78. The van der Waals surface area contributed by atoms with Gasteiger partial charge in [0.2, 0.25) is 10.0 Å². The molecule has 0 bridgehead atoms. The molecule has 1 aliphatic carbocycles. The second-order valence-electron chi connectivity index (χ2n) is 8.32.